The van der Waals surface area contributed by atoms with Gasteiger partial charge in [-0.25, -0.2) is 0 Å². The number of aryl methyl sites for hydroxylation is 2. The third-order valence-corrected chi connectivity index (χ3v) is 10.5. The Kier molecular flexibility index (Phi) is 9.45. The molecule has 10 rings (SSSR count). The minimum absolute atomic E-state index is 1.16. The normalized spacial score (nSPS) is 11.0. The van der Waals surface area contributed by atoms with E-state index in [1.807, 2.05) is 0 Å². The van der Waals surface area contributed by atoms with Gasteiger partial charge in [-0.1, -0.05) is 157 Å². The van der Waals surface area contributed by atoms with E-state index in [4.69, 9.17) is 0 Å². The monoisotopic (exact) mass is 718 g/mol. The minimum atomic E-state index is 1.16. The molecule has 2 nitrogen and oxygen atoms in total. The molecule has 0 unspecified atom stereocenters. The van der Waals surface area contributed by atoms with Crippen molar-refractivity contribution in [3.8, 4) is 0 Å². The predicted octanol–water partition coefficient (Wildman–Crippen LogP) is 15.5. The molecule has 0 radical (unpaired) electrons. The van der Waals surface area contributed by atoms with Gasteiger partial charge in [0.05, 0.1) is 0 Å². The maximum atomic E-state index is 2.33. The second-order valence-electron chi connectivity index (χ2n) is 14.5. The van der Waals surface area contributed by atoms with Crippen LogP contribution >= 0.6 is 0 Å². The number of hydrogen-bond donors (Lipinski definition) is 0. The van der Waals surface area contributed by atoms with E-state index in [-0.39, 0.29) is 0 Å². The number of anilines is 6. The van der Waals surface area contributed by atoms with Gasteiger partial charge in [0.15, 0.2) is 0 Å². The van der Waals surface area contributed by atoms with Gasteiger partial charge in [-0.15, -0.1) is 0 Å². The van der Waals surface area contributed by atoms with Crippen molar-refractivity contribution in [3.05, 3.63) is 230 Å². The fraction of sp³-hybridized carbons (Fsp3) is 0.0370. The molecule has 0 amide bonds. The number of rotatable bonds is 6. The summed E-state index contributed by atoms with van der Waals surface area (Å²) in [6.45, 7) is 4.25. The summed E-state index contributed by atoms with van der Waals surface area (Å²) in [7, 11) is 0. The summed E-state index contributed by atoms with van der Waals surface area (Å²) in [4.78, 5) is 4.66. The maximum absolute atomic E-state index is 2.33. The summed E-state index contributed by atoms with van der Waals surface area (Å²) in [5.41, 5.74) is 9.51. The van der Waals surface area contributed by atoms with Crippen LogP contribution in [0.2, 0.25) is 0 Å². The van der Waals surface area contributed by atoms with Gasteiger partial charge >= 0.3 is 0 Å². The highest BCUT2D eigenvalue weighted by Gasteiger charge is 2.15. The van der Waals surface area contributed by atoms with Crippen molar-refractivity contribution in [1.82, 2.24) is 0 Å². The lowest BCUT2D eigenvalue weighted by Crippen LogP contribution is -2.09. The van der Waals surface area contributed by atoms with Crippen molar-refractivity contribution in [1.29, 1.82) is 0 Å². The predicted molar refractivity (Wildman–Crippen MR) is 242 cm³/mol. The van der Waals surface area contributed by atoms with Gasteiger partial charge in [-0.3, -0.25) is 0 Å². The van der Waals surface area contributed by atoms with E-state index in [9.17, 15) is 0 Å². The number of fused-ring (bicyclic) bond motifs is 4. The fourth-order valence-corrected chi connectivity index (χ4v) is 7.55. The SMILES string of the molecule is Cc1ccc(N(c2ccc3ccccc3c2)c2ccc3ccccc3c2)cc1.Cc1ccc(N(c2ccc3ccccc3c2)c2ccc3ccccc3c2)cc1. The summed E-state index contributed by atoms with van der Waals surface area (Å²) < 4.78 is 0. The average molecular weight is 719 g/mol. The first-order chi connectivity index (χ1) is 27.6. The van der Waals surface area contributed by atoms with Gasteiger partial charge < -0.3 is 9.80 Å². The molecule has 0 aromatic heterocycles. The van der Waals surface area contributed by atoms with Crippen molar-refractivity contribution in [2.24, 2.45) is 0 Å². The standard InChI is InChI=1S/2C27H21N/c2*1-20-10-14-25(15-11-20)28(26-16-12-21-6-2-4-8-23(21)18-26)27-17-13-22-7-3-5-9-24(22)19-27/h2*2-19H,1H3. The quantitative estimate of drug-likeness (QED) is 0.169. The van der Waals surface area contributed by atoms with Crippen molar-refractivity contribution in [2.45, 2.75) is 13.8 Å². The van der Waals surface area contributed by atoms with Crippen LogP contribution in [0.25, 0.3) is 43.1 Å². The third kappa shape index (κ3) is 7.21. The van der Waals surface area contributed by atoms with Gasteiger partial charge in [-0.2, -0.15) is 0 Å². The Labute approximate surface area is 329 Å². The summed E-state index contributed by atoms with van der Waals surface area (Å²) in [6, 6.07) is 78.2. The van der Waals surface area contributed by atoms with Gasteiger partial charge in [0.25, 0.3) is 0 Å². The molecule has 10 aromatic rings. The molecule has 2 heteroatoms. The number of benzene rings is 10. The first kappa shape index (κ1) is 34.6. The fourth-order valence-electron chi connectivity index (χ4n) is 7.55. The van der Waals surface area contributed by atoms with E-state index in [1.54, 1.807) is 0 Å². The Morgan fingerprint density at radius 3 is 0.679 bits per heavy atom. The highest BCUT2D eigenvalue weighted by molar-refractivity contribution is 5.94. The zero-order valence-corrected chi connectivity index (χ0v) is 31.7. The molecule has 0 N–H and O–H groups in total. The molecule has 10 aromatic carbocycles. The molecule has 0 bridgehead atoms. The van der Waals surface area contributed by atoms with Gasteiger partial charge in [0.1, 0.15) is 0 Å². The molecule has 268 valence electrons. The van der Waals surface area contributed by atoms with Crippen molar-refractivity contribution >= 4 is 77.2 Å². The molecule has 0 fully saturated rings. The molecule has 0 saturated carbocycles. The van der Waals surface area contributed by atoms with E-state index in [2.05, 4.69) is 242 Å². The van der Waals surface area contributed by atoms with E-state index >= 15 is 0 Å². The molecule has 0 aliphatic carbocycles. The van der Waals surface area contributed by atoms with E-state index in [0.29, 0.717) is 0 Å². The second kappa shape index (κ2) is 15.3. The Hall–Kier alpha value is -7.16. The largest absolute Gasteiger partial charge is 0.310 e. The van der Waals surface area contributed by atoms with E-state index < -0.39 is 0 Å². The van der Waals surface area contributed by atoms with Crippen LogP contribution < -0.4 is 9.80 Å². The Morgan fingerprint density at radius 2 is 0.429 bits per heavy atom. The summed E-state index contributed by atoms with van der Waals surface area (Å²) >= 11 is 0. The average Bonchev–Trinajstić information content (AvgIpc) is 3.25. The number of nitrogens with zero attached hydrogens (tertiary/aromatic N) is 2. The molecule has 0 aliphatic rings. The van der Waals surface area contributed by atoms with Crippen LogP contribution in [0.15, 0.2) is 218 Å². The minimum Gasteiger partial charge on any atom is -0.310 e. The number of hydrogen-bond acceptors (Lipinski definition) is 2. The van der Waals surface area contributed by atoms with Crippen LogP contribution in [0.3, 0.4) is 0 Å². The maximum Gasteiger partial charge on any atom is 0.0468 e. The van der Waals surface area contributed by atoms with Crippen LogP contribution in [0, 0.1) is 13.8 Å². The van der Waals surface area contributed by atoms with Gasteiger partial charge in [-0.05, 0) is 130 Å². The second-order valence-corrected chi connectivity index (χ2v) is 14.5. The molecular weight excluding hydrogens is 677 g/mol. The Balaban J connectivity index is 0.000000146. The lowest BCUT2D eigenvalue weighted by atomic mass is 10.1. The first-order valence-corrected chi connectivity index (χ1v) is 19.2. The van der Waals surface area contributed by atoms with Crippen molar-refractivity contribution < 1.29 is 0 Å². The lowest BCUT2D eigenvalue weighted by Gasteiger charge is -2.26. The van der Waals surface area contributed by atoms with Gasteiger partial charge in [0.2, 0.25) is 0 Å². The van der Waals surface area contributed by atoms with Crippen LogP contribution in [0.5, 0.6) is 0 Å². The topological polar surface area (TPSA) is 6.48 Å². The smallest absolute Gasteiger partial charge is 0.0468 e. The molecule has 0 atom stereocenters. The summed E-state index contributed by atoms with van der Waals surface area (Å²) in [5, 5.41) is 10.0. The van der Waals surface area contributed by atoms with E-state index in [0.717, 1.165) is 34.1 Å². The zero-order chi connectivity index (χ0) is 37.8. The van der Waals surface area contributed by atoms with Crippen LogP contribution in [0.4, 0.5) is 34.1 Å². The van der Waals surface area contributed by atoms with Crippen LogP contribution in [0.1, 0.15) is 11.1 Å². The molecule has 0 saturated heterocycles. The zero-order valence-electron chi connectivity index (χ0n) is 31.7. The molecule has 0 spiro atoms. The molecule has 0 aliphatic heterocycles. The first-order valence-electron chi connectivity index (χ1n) is 19.2. The van der Waals surface area contributed by atoms with Crippen molar-refractivity contribution in [3.63, 3.8) is 0 Å². The van der Waals surface area contributed by atoms with Crippen LogP contribution in [-0.2, 0) is 0 Å². The lowest BCUT2D eigenvalue weighted by molar-refractivity contribution is 1.28. The Morgan fingerprint density at radius 1 is 0.214 bits per heavy atom. The summed E-state index contributed by atoms with van der Waals surface area (Å²) in [6.07, 6.45) is 0. The molecule has 56 heavy (non-hydrogen) atoms. The van der Waals surface area contributed by atoms with Crippen molar-refractivity contribution in [2.75, 3.05) is 9.80 Å². The van der Waals surface area contributed by atoms with Crippen LogP contribution in [-0.4, -0.2) is 0 Å². The Bertz CT molecular complexity index is 2580. The van der Waals surface area contributed by atoms with Gasteiger partial charge in [0, 0.05) is 34.1 Å². The highest BCUT2D eigenvalue weighted by atomic mass is 15.1. The molecule has 0 heterocycles. The summed E-state index contributed by atoms with van der Waals surface area (Å²) in [5.74, 6) is 0. The third-order valence-electron chi connectivity index (χ3n) is 10.5. The van der Waals surface area contributed by atoms with E-state index in [1.165, 1.54) is 54.2 Å². The highest BCUT2D eigenvalue weighted by Crippen LogP contribution is 2.39. The molecular formula is C54H42N2.